The number of carbonyl (C=O) groups is 1. The van der Waals surface area contributed by atoms with Crippen LogP contribution in [0.4, 0.5) is 15.9 Å². The van der Waals surface area contributed by atoms with Gasteiger partial charge in [-0.3, -0.25) is 14.7 Å². The zero-order valence-electron chi connectivity index (χ0n) is 24.3. The van der Waals surface area contributed by atoms with Crippen LogP contribution in [0.15, 0.2) is 91.3 Å². The number of carbonyl (C=O) groups excluding carboxylic acids is 1. The molecule has 0 aliphatic carbocycles. The smallest absolute Gasteiger partial charge is 0.267 e. The molecule has 2 aliphatic rings. The van der Waals surface area contributed by atoms with Gasteiger partial charge in [-0.2, -0.15) is 5.26 Å². The molecule has 2 fully saturated rings. The number of nitriles is 1. The third-order valence-corrected chi connectivity index (χ3v) is 8.17. The normalized spacial score (nSPS) is 16.1. The number of halogens is 1. The maximum atomic E-state index is 13.2. The summed E-state index contributed by atoms with van der Waals surface area (Å²) >= 11 is 0. The lowest BCUT2D eigenvalue weighted by Gasteiger charge is -2.36. The van der Waals surface area contributed by atoms with Gasteiger partial charge in [0.2, 0.25) is 0 Å². The van der Waals surface area contributed by atoms with Gasteiger partial charge >= 0.3 is 0 Å². The van der Waals surface area contributed by atoms with Crippen molar-refractivity contribution in [2.75, 3.05) is 36.4 Å². The highest BCUT2D eigenvalue weighted by molar-refractivity contribution is 5.90. The SMILES string of the molecule is N#Cc1ccc(CN2CCC(n3cccc3NC3CCN(c4ccc(F)cc4)CC3)CC2)cc1.NC(=O)c1ccccn1. The molecule has 3 N–H and O–H groups in total. The van der Waals surface area contributed by atoms with E-state index in [1.807, 2.05) is 24.3 Å². The first-order valence-electron chi connectivity index (χ1n) is 14.8. The van der Waals surface area contributed by atoms with E-state index in [2.05, 4.69) is 61.2 Å². The van der Waals surface area contributed by atoms with Crippen LogP contribution in [0.25, 0.3) is 0 Å². The molecule has 222 valence electrons. The van der Waals surface area contributed by atoms with E-state index in [1.54, 1.807) is 30.3 Å². The number of nitrogens with zero attached hydrogens (tertiary/aromatic N) is 5. The van der Waals surface area contributed by atoms with Crippen LogP contribution in [-0.4, -0.2) is 52.6 Å². The molecule has 0 radical (unpaired) electrons. The minimum Gasteiger partial charge on any atom is -0.371 e. The van der Waals surface area contributed by atoms with Crippen molar-refractivity contribution >= 4 is 17.4 Å². The molecule has 9 heteroatoms. The predicted molar refractivity (Wildman–Crippen MR) is 167 cm³/mol. The largest absolute Gasteiger partial charge is 0.371 e. The summed E-state index contributed by atoms with van der Waals surface area (Å²) in [6.07, 6.45) is 8.18. The second-order valence-corrected chi connectivity index (χ2v) is 11.1. The van der Waals surface area contributed by atoms with Crippen molar-refractivity contribution in [1.82, 2.24) is 14.5 Å². The topological polar surface area (TPSA) is 103 Å². The first kappa shape index (κ1) is 29.8. The van der Waals surface area contributed by atoms with Gasteiger partial charge in [0.15, 0.2) is 0 Å². The molecule has 0 spiro atoms. The molecular weight excluding hydrogens is 541 g/mol. The number of anilines is 2. The lowest BCUT2D eigenvalue weighted by molar-refractivity contribution is 0.0995. The van der Waals surface area contributed by atoms with Crippen LogP contribution in [0, 0.1) is 17.1 Å². The number of hydrogen-bond acceptors (Lipinski definition) is 6. The van der Waals surface area contributed by atoms with Crippen molar-refractivity contribution in [2.45, 2.75) is 44.3 Å². The maximum absolute atomic E-state index is 13.2. The minimum atomic E-state index is -0.490. The van der Waals surface area contributed by atoms with Crippen molar-refractivity contribution in [3.05, 3.63) is 114 Å². The van der Waals surface area contributed by atoms with Crippen LogP contribution < -0.4 is 16.0 Å². The van der Waals surface area contributed by atoms with Crippen molar-refractivity contribution in [2.24, 2.45) is 5.73 Å². The fourth-order valence-corrected chi connectivity index (χ4v) is 5.78. The highest BCUT2D eigenvalue weighted by Gasteiger charge is 2.24. The Morgan fingerprint density at radius 2 is 1.65 bits per heavy atom. The maximum Gasteiger partial charge on any atom is 0.267 e. The molecule has 6 rings (SSSR count). The minimum absolute atomic E-state index is 0.179. The molecule has 2 aromatic heterocycles. The average molecular weight is 580 g/mol. The van der Waals surface area contributed by atoms with Crippen molar-refractivity contribution < 1.29 is 9.18 Å². The van der Waals surface area contributed by atoms with Gasteiger partial charge in [-0.05, 0) is 91.9 Å². The summed E-state index contributed by atoms with van der Waals surface area (Å²) in [6, 6.07) is 27.3. The fourth-order valence-electron chi connectivity index (χ4n) is 5.78. The molecule has 4 heterocycles. The Balaban J connectivity index is 0.000000351. The standard InChI is InChI=1S/C28H32FN5.C6H6N2O/c29-24-7-9-26(10-8-24)33-18-11-25(12-19-33)31-28-2-1-15-34(28)27-13-16-32(17-14-27)21-23-5-3-22(20-30)4-6-23;7-6(9)5-3-1-2-4-8-5/h1-10,15,25,27,31H,11-14,16-19,21H2;1-4H,(H2,7,9). The lowest BCUT2D eigenvalue weighted by atomic mass is 10.0. The summed E-state index contributed by atoms with van der Waals surface area (Å²) in [4.78, 5) is 18.9. The first-order chi connectivity index (χ1) is 21.0. The van der Waals surface area contributed by atoms with Gasteiger partial charge in [0.05, 0.1) is 11.6 Å². The predicted octanol–water partition coefficient (Wildman–Crippen LogP) is 5.60. The molecule has 8 nitrogen and oxygen atoms in total. The van der Waals surface area contributed by atoms with Gasteiger partial charge < -0.3 is 20.5 Å². The number of nitrogens with one attached hydrogen (secondary N) is 1. The Labute approximate surface area is 252 Å². The molecule has 43 heavy (non-hydrogen) atoms. The summed E-state index contributed by atoms with van der Waals surface area (Å²) < 4.78 is 15.7. The zero-order valence-corrected chi connectivity index (χ0v) is 24.3. The van der Waals surface area contributed by atoms with Crippen molar-refractivity contribution in [3.63, 3.8) is 0 Å². The molecule has 0 atom stereocenters. The van der Waals surface area contributed by atoms with E-state index >= 15 is 0 Å². The highest BCUT2D eigenvalue weighted by Crippen LogP contribution is 2.29. The second kappa shape index (κ2) is 14.5. The molecule has 0 bridgehead atoms. The number of primary amides is 1. The van der Waals surface area contributed by atoms with Gasteiger partial charge in [0, 0.05) is 62.9 Å². The Bertz CT molecular complexity index is 1480. The van der Waals surface area contributed by atoms with E-state index in [1.165, 1.54) is 17.6 Å². The van der Waals surface area contributed by atoms with Gasteiger partial charge in [-0.25, -0.2) is 4.39 Å². The van der Waals surface area contributed by atoms with Crippen molar-refractivity contribution in [1.29, 1.82) is 5.26 Å². The number of piperidine rings is 2. The van der Waals surface area contributed by atoms with Crippen LogP contribution in [0.3, 0.4) is 0 Å². The third-order valence-electron chi connectivity index (χ3n) is 8.17. The monoisotopic (exact) mass is 579 g/mol. The molecule has 0 saturated carbocycles. The number of amides is 1. The quantitative estimate of drug-likeness (QED) is 0.296. The van der Waals surface area contributed by atoms with Crippen LogP contribution in [0.1, 0.15) is 53.3 Å². The van der Waals surface area contributed by atoms with Gasteiger partial charge in [0.25, 0.3) is 5.91 Å². The number of nitrogens with two attached hydrogens (primary N) is 1. The third kappa shape index (κ3) is 8.21. The summed E-state index contributed by atoms with van der Waals surface area (Å²) in [5, 5.41) is 12.8. The van der Waals surface area contributed by atoms with Gasteiger partial charge in [-0.15, -0.1) is 0 Å². The molecule has 2 saturated heterocycles. The highest BCUT2D eigenvalue weighted by atomic mass is 19.1. The number of rotatable bonds is 7. The van der Waals surface area contributed by atoms with Crippen molar-refractivity contribution in [3.8, 4) is 6.07 Å². The van der Waals surface area contributed by atoms with Gasteiger partial charge in [-0.1, -0.05) is 18.2 Å². The Kier molecular flexibility index (Phi) is 10.0. The Morgan fingerprint density at radius 1 is 0.930 bits per heavy atom. The summed E-state index contributed by atoms with van der Waals surface area (Å²) in [7, 11) is 0. The average Bonchev–Trinajstić information content (AvgIpc) is 3.51. The Hall–Kier alpha value is -4.68. The lowest BCUT2D eigenvalue weighted by Crippen LogP contribution is -2.40. The van der Waals surface area contributed by atoms with E-state index in [0.717, 1.165) is 69.7 Å². The van der Waals surface area contributed by atoms with Crippen LogP contribution in [-0.2, 0) is 6.54 Å². The molecule has 2 aromatic carbocycles. The van der Waals surface area contributed by atoms with Crippen LogP contribution in [0.2, 0.25) is 0 Å². The van der Waals surface area contributed by atoms with E-state index in [4.69, 9.17) is 11.0 Å². The summed E-state index contributed by atoms with van der Waals surface area (Å²) in [6.45, 7) is 5.08. The van der Waals surface area contributed by atoms with E-state index < -0.39 is 5.91 Å². The number of benzene rings is 2. The fraction of sp³-hybridized carbons (Fsp3) is 0.324. The molecular formula is C34H38FN7O. The second-order valence-electron chi connectivity index (χ2n) is 11.1. The molecule has 2 aliphatic heterocycles. The van der Waals surface area contributed by atoms with E-state index in [0.29, 0.717) is 17.8 Å². The number of aromatic nitrogens is 2. The summed E-state index contributed by atoms with van der Waals surface area (Å²) in [5.41, 5.74) is 8.31. The molecule has 4 aromatic rings. The number of hydrogen-bond donors (Lipinski definition) is 2. The zero-order chi connectivity index (χ0) is 30.0. The Morgan fingerprint density at radius 3 is 2.26 bits per heavy atom. The molecule has 0 unspecified atom stereocenters. The number of pyridine rings is 1. The van der Waals surface area contributed by atoms with Gasteiger partial charge in [0.1, 0.15) is 17.3 Å². The number of likely N-dealkylation sites (tertiary alicyclic amines) is 1. The first-order valence-corrected chi connectivity index (χ1v) is 14.8. The van der Waals surface area contributed by atoms with E-state index in [9.17, 15) is 9.18 Å². The summed E-state index contributed by atoms with van der Waals surface area (Å²) in [5.74, 6) is 0.558. The van der Waals surface area contributed by atoms with E-state index in [-0.39, 0.29) is 5.82 Å². The van der Waals surface area contributed by atoms with Crippen LogP contribution in [0.5, 0.6) is 0 Å². The van der Waals surface area contributed by atoms with Crippen LogP contribution >= 0.6 is 0 Å². The molecule has 1 amide bonds.